The van der Waals surface area contributed by atoms with Gasteiger partial charge in [-0.05, 0) is 23.4 Å². The number of rotatable bonds is 0. The molecule has 0 radical (unpaired) electrons. The van der Waals surface area contributed by atoms with Crippen LogP contribution in [0.25, 0.3) is 0 Å². The maximum Gasteiger partial charge on any atom is 0.237 e. The lowest BCUT2D eigenvalue weighted by Crippen LogP contribution is -2.15. The summed E-state index contributed by atoms with van der Waals surface area (Å²) in [6.45, 7) is 0. The smallest absolute Gasteiger partial charge is 0.237 e. The summed E-state index contributed by atoms with van der Waals surface area (Å²) in [4.78, 5) is 21.0. The summed E-state index contributed by atoms with van der Waals surface area (Å²) in [6, 6.07) is 0. The molecule has 9 heavy (non-hydrogen) atoms. The number of allylic oxidation sites excluding steroid dienone is 1. The van der Waals surface area contributed by atoms with Gasteiger partial charge in [-0.2, -0.15) is 0 Å². The van der Waals surface area contributed by atoms with Gasteiger partial charge in [0.1, 0.15) is 0 Å². The molecule has 0 saturated heterocycles. The number of nitrogens with one attached hydrogen (secondary N) is 1. The minimum atomic E-state index is -0.227. The largest absolute Gasteiger partial charge is 0.296 e. The lowest BCUT2D eigenvalue weighted by Gasteiger charge is -1.91. The van der Waals surface area contributed by atoms with Crippen LogP contribution in [0.2, 0.25) is 0 Å². The van der Waals surface area contributed by atoms with E-state index in [-0.39, 0.29) is 18.1 Å². The Balaban J connectivity index is 2.61. The number of hydrogen-bond acceptors (Lipinski definition) is 3. The second-order valence-electron chi connectivity index (χ2n) is 1.59. The van der Waals surface area contributed by atoms with Gasteiger partial charge >= 0.3 is 0 Å². The standard InChI is InChI=1S/C5H5NO2S/c7-4-1-2-9-6-5(8)3-4/h1-2H,3H2,(H,6,8). The molecule has 3 nitrogen and oxygen atoms in total. The van der Waals surface area contributed by atoms with Crippen molar-refractivity contribution in [3.8, 4) is 0 Å². The predicted molar refractivity (Wildman–Crippen MR) is 34.5 cm³/mol. The van der Waals surface area contributed by atoms with E-state index in [1.54, 1.807) is 5.41 Å². The minimum Gasteiger partial charge on any atom is -0.296 e. The first-order valence-electron chi connectivity index (χ1n) is 2.43. The van der Waals surface area contributed by atoms with Crippen LogP contribution >= 0.6 is 11.9 Å². The van der Waals surface area contributed by atoms with Gasteiger partial charge in [0.05, 0.1) is 6.42 Å². The van der Waals surface area contributed by atoms with E-state index in [0.29, 0.717) is 0 Å². The molecule has 1 heterocycles. The summed E-state index contributed by atoms with van der Waals surface area (Å²) in [5.74, 6) is -0.368. The van der Waals surface area contributed by atoms with Crippen molar-refractivity contribution in [2.45, 2.75) is 6.42 Å². The van der Waals surface area contributed by atoms with Crippen LogP contribution in [0.15, 0.2) is 11.5 Å². The molecule has 1 N–H and O–H groups in total. The van der Waals surface area contributed by atoms with Gasteiger partial charge in [-0.25, -0.2) is 0 Å². The van der Waals surface area contributed by atoms with Crippen molar-refractivity contribution in [2.24, 2.45) is 0 Å². The molecular weight excluding hydrogens is 138 g/mol. The van der Waals surface area contributed by atoms with Crippen molar-refractivity contribution >= 4 is 23.6 Å². The SMILES string of the molecule is O=C1C=CSNC(=O)C1. The first-order chi connectivity index (χ1) is 4.29. The quantitative estimate of drug-likeness (QED) is 0.390. The van der Waals surface area contributed by atoms with Crippen molar-refractivity contribution in [2.75, 3.05) is 0 Å². The Morgan fingerprint density at radius 1 is 1.56 bits per heavy atom. The van der Waals surface area contributed by atoms with Gasteiger partial charge in [0.25, 0.3) is 0 Å². The molecule has 1 amide bonds. The average molecular weight is 143 g/mol. The van der Waals surface area contributed by atoms with E-state index in [4.69, 9.17) is 0 Å². The Bertz CT molecular complexity index is 176. The predicted octanol–water partition coefficient (Wildman–Crippen LogP) is 0.237. The van der Waals surface area contributed by atoms with E-state index in [1.165, 1.54) is 6.08 Å². The third-order valence-corrected chi connectivity index (χ3v) is 1.45. The van der Waals surface area contributed by atoms with E-state index in [9.17, 15) is 9.59 Å². The third kappa shape index (κ3) is 1.89. The fraction of sp³-hybridized carbons (Fsp3) is 0.200. The number of amides is 1. The molecule has 0 atom stereocenters. The highest BCUT2D eigenvalue weighted by atomic mass is 32.2. The maximum absolute atomic E-state index is 10.5. The Labute approximate surface area is 56.6 Å². The topological polar surface area (TPSA) is 46.2 Å². The van der Waals surface area contributed by atoms with E-state index in [1.807, 2.05) is 0 Å². The van der Waals surface area contributed by atoms with E-state index in [0.717, 1.165) is 11.9 Å². The van der Waals surface area contributed by atoms with Crippen LogP contribution in [-0.4, -0.2) is 11.7 Å². The maximum atomic E-state index is 10.5. The Morgan fingerprint density at radius 3 is 3.11 bits per heavy atom. The fourth-order valence-electron chi connectivity index (χ4n) is 0.463. The molecule has 1 aliphatic heterocycles. The van der Waals surface area contributed by atoms with E-state index >= 15 is 0 Å². The molecule has 4 heteroatoms. The van der Waals surface area contributed by atoms with Gasteiger partial charge in [0, 0.05) is 0 Å². The third-order valence-electron chi connectivity index (χ3n) is 0.830. The second kappa shape index (κ2) is 2.68. The van der Waals surface area contributed by atoms with Crippen LogP contribution in [-0.2, 0) is 9.59 Å². The molecule has 48 valence electrons. The lowest BCUT2D eigenvalue weighted by molar-refractivity contribution is -0.124. The molecule has 0 aromatic carbocycles. The zero-order chi connectivity index (χ0) is 6.69. The average Bonchev–Trinajstić information content (AvgIpc) is 1.93. The monoisotopic (exact) mass is 143 g/mol. The molecule has 0 aromatic rings. The van der Waals surface area contributed by atoms with Crippen LogP contribution in [0, 0.1) is 0 Å². The molecule has 0 spiro atoms. The lowest BCUT2D eigenvalue weighted by atomic mass is 10.3. The number of ketones is 1. The van der Waals surface area contributed by atoms with Crippen LogP contribution in [0.5, 0.6) is 0 Å². The van der Waals surface area contributed by atoms with Gasteiger partial charge in [-0.15, -0.1) is 0 Å². The number of carbonyl (C=O) groups is 2. The van der Waals surface area contributed by atoms with E-state index in [2.05, 4.69) is 4.72 Å². The molecular formula is C5H5NO2S. The molecule has 1 rings (SSSR count). The zero-order valence-electron chi connectivity index (χ0n) is 4.59. The fourth-order valence-corrected chi connectivity index (χ4v) is 0.954. The first-order valence-corrected chi connectivity index (χ1v) is 3.31. The van der Waals surface area contributed by atoms with Crippen molar-refractivity contribution < 1.29 is 9.59 Å². The van der Waals surface area contributed by atoms with Gasteiger partial charge < -0.3 is 0 Å². The molecule has 0 fully saturated rings. The van der Waals surface area contributed by atoms with Crippen LogP contribution in [0.3, 0.4) is 0 Å². The highest BCUT2D eigenvalue weighted by Gasteiger charge is 2.08. The summed E-state index contributed by atoms with van der Waals surface area (Å²) in [7, 11) is 0. The molecule has 0 aliphatic carbocycles. The summed E-state index contributed by atoms with van der Waals surface area (Å²) < 4.78 is 2.44. The van der Waals surface area contributed by atoms with Crippen molar-refractivity contribution in [1.82, 2.24) is 4.72 Å². The minimum absolute atomic E-state index is 0.0243. The summed E-state index contributed by atoms with van der Waals surface area (Å²) in [6.07, 6.45) is 1.37. The van der Waals surface area contributed by atoms with Crippen molar-refractivity contribution in [1.29, 1.82) is 0 Å². The second-order valence-corrected chi connectivity index (χ2v) is 2.30. The molecule has 0 bridgehead atoms. The normalized spacial score (nSPS) is 19.1. The molecule has 0 unspecified atom stereocenters. The van der Waals surface area contributed by atoms with E-state index < -0.39 is 0 Å². The molecule has 1 aliphatic rings. The molecule has 0 aromatic heterocycles. The Morgan fingerprint density at radius 2 is 2.33 bits per heavy atom. The van der Waals surface area contributed by atoms with Crippen molar-refractivity contribution in [3.05, 3.63) is 11.5 Å². The van der Waals surface area contributed by atoms with Gasteiger partial charge in [0.2, 0.25) is 5.91 Å². The van der Waals surface area contributed by atoms with Crippen molar-refractivity contribution in [3.63, 3.8) is 0 Å². The van der Waals surface area contributed by atoms with Gasteiger partial charge in [-0.1, -0.05) is 0 Å². The van der Waals surface area contributed by atoms with Gasteiger partial charge in [0.15, 0.2) is 5.78 Å². The van der Waals surface area contributed by atoms with Crippen LogP contribution < -0.4 is 4.72 Å². The highest BCUT2D eigenvalue weighted by molar-refractivity contribution is 8.00. The molecule has 0 saturated carbocycles. The summed E-state index contributed by atoms with van der Waals surface area (Å²) in [5.41, 5.74) is 0. The van der Waals surface area contributed by atoms with Crippen LogP contribution in [0.4, 0.5) is 0 Å². The number of hydrogen-bond donors (Lipinski definition) is 1. The van der Waals surface area contributed by atoms with Crippen LogP contribution in [0.1, 0.15) is 6.42 Å². The highest BCUT2D eigenvalue weighted by Crippen LogP contribution is 2.02. The number of carbonyl (C=O) groups excluding carboxylic acids is 2. The van der Waals surface area contributed by atoms with Gasteiger partial charge in [-0.3, -0.25) is 14.3 Å². The zero-order valence-corrected chi connectivity index (χ0v) is 5.40. The Hall–Kier alpha value is -0.770. The Kier molecular flexibility index (Phi) is 1.89. The first kappa shape index (κ1) is 6.35. The summed E-state index contributed by atoms with van der Waals surface area (Å²) >= 11 is 1.13. The summed E-state index contributed by atoms with van der Waals surface area (Å²) in [5, 5.41) is 1.56.